The van der Waals surface area contributed by atoms with E-state index in [-0.39, 0.29) is 31.0 Å². The molecule has 0 aliphatic carbocycles. The van der Waals surface area contributed by atoms with Gasteiger partial charge in [-0.3, -0.25) is 24.0 Å². The number of Topliss-reactive ketones (excluding diaryl/α,β-unsaturated/α-hetero) is 1. The second-order valence-corrected chi connectivity index (χ2v) is 12.4. The Morgan fingerprint density at radius 2 is 1.54 bits per heavy atom. The zero-order valence-corrected chi connectivity index (χ0v) is 26.2. The molecular weight excluding hydrogens is 586 g/mol. The lowest BCUT2D eigenvalue weighted by atomic mass is 9.99. The fraction of sp³-hybridized carbons (Fsp3) is 0.457. The molecule has 3 heterocycles. The van der Waals surface area contributed by atoms with Gasteiger partial charge in [0.25, 0.3) is 0 Å². The standard InChI is InChI=1S/C35H43N5O6/c1-22(41)31(42)17-7-3-6-15-27-32(43)38-28(20-24-21-36-26-14-9-8-13-25(24)26)33(44)39-29(19-23-11-4-2-5-12-23)35(46)40-18-10-16-30(40)34(45)37-27/h2,4-5,8-9,11-14,21-22,27-30,36,41H,3,6-7,10,15-20H2,1H3,(H,37,45)(H,38,43)(H,39,44)/t22-,27+,28+,29+,30-/m1/s1. The summed E-state index contributed by atoms with van der Waals surface area (Å²) in [5.74, 6) is -1.92. The third-order valence-corrected chi connectivity index (χ3v) is 8.98. The summed E-state index contributed by atoms with van der Waals surface area (Å²) in [6.07, 6.45) is 4.53. The molecule has 0 saturated carbocycles. The maximum atomic E-state index is 14.0. The highest BCUT2D eigenvalue weighted by atomic mass is 16.3. The number of aromatic amines is 1. The van der Waals surface area contributed by atoms with E-state index in [1.807, 2.05) is 60.8 Å². The minimum atomic E-state index is -1.02. The number of nitrogens with one attached hydrogen (secondary N) is 4. The van der Waals surface area contributed by atoms with E-state index in [0.29, 0.717) is 45.1 Å². The number of hydrogen-bond donors (Lipinski definition) is 5. The number of amides is 4. The Balaban J connectivity index is 1.41. The minimum absolute atomic E-state index is 0.169. The van der Waals surface area contributed by atoms with Crippen molar-refractivity contribution in [2.45, 2.75) is 95.0 Å². The molecular formula is C35H43N5O6. The number of rotatable bonds is 11. The van der Waals surface area contributed by atoms with Crippen molar-refractivity contribution >= 4 is 40.3 Å². The van der Waals surface area contributed by atoms with Crippen molar-refractivity contribution < 1.29 is 29.1 Å². The maximum absolute atomic E-state index is 14.0. The van der Waals surface area contributed by atoms with Crippen LogP contribution in [0, 0.1) is 0 Å². The van der Waals surface area contributed by atoms with Gasteiger partial charge in [0.15, 0.2) is 5.78 Å². The van der Waals surface area contributed by atoms with Gasteiger partial charge in [0.1, 0.15) is 30.3 Å². The monoisotopic (exact) mass is 629 g/mol. The predicted octanol–water partition coefficient (Wildman–Crippen LogP) is 2.31. The molecule has 0 radical (unpaired) electrons. The molecule has 46 heavy (non-hydrogen) atoms. The lowest BCUT2D eigenvalue weighted by Crippen LogP contribution is -2.61. The largest absolute Gasteiger partial charge is 0.386 e. The number of aliphatic hydroxyl groups excluding tert-OH is 1. The van der Waals surface area contributed by atoms with Crippen LogP contribution in [0.4, 0.5) is 0 Å². The molecule has 1 aromatic heterocycles. The van der Waals surface area contributed by atoms with Crippen LogP contribution in [0.1, 0.15) is 63.0 Å². The first kappa shape index (κ1) is 32.9. The number of hydrogen-bond acceptors (Lipinski definition) is 6. The first-order chi connectivity index (χ1) is 22.2. The molecule has 2 aromatic carbocycles. The second-order valence-electron chi connectivity index (χ2n) is 12.4. The average molecular weight is 630 g/mol. The van der Waals surface area contributed by atoms with Crippen molar-refractivity contribution in [3.05, 3.63) is 71.9 Å². The number of para-hydroxylation sites is 1. The quantitative estimate of drug-likeness (QED) is 0.205. The number of H-pyrrole nitrogens is 1. The van der Waals surface area contributed by atoms with Gasteiger partial charge in [-0.05, 0) is 49.8 Å². The Hall–Kier alpha value is -4.51. The molecule has 0 bridgehead atoms. The maximum Gasteiger partial charge on any atom is 0.246 e. The molecule has 5 N–H and O–H groups in total. The molecule has 0 unspecified atom stereocenters. The molecule has 2 aliphatic heterocycles. The van der Waals surface area contributed by atoms with Crippen LogP contribution >= 0.6 is 0 Å². The zero-order chi connectivity index (χ0) is 32.6. The van der Waals surface area contributed by atoms with Crippen molar-refractivity contribution in [2.75, 3.05) is 6.54 Å². The highest BCUT2D eigenvalue weighted by molar-refractivity contribution is 5.98. The van der Waals surface area contributed by atoms with Gasteiger partial charge in [-0.25, -0.2) is 0 Å². The fourth-order valence-electron chi connectivity index (χ4n) is 6.40. The van der Waals surface area contributed by atoms with Crippen molar-refractivity contribution in [3.63, 3.8) is 0 Å². The molecule has 5 atom stereocenters. The van der Waals surface area contributed by atoms with Gasteiger partial charge in [0.2, 0.25) is 23.6 Å². The van der Waals surface area contributed by atoms with Crippen LogP contribution in [0.2, 0.25) is 0 Å². The van der Waals surface area contributed by atoms with E-state index in [9.17, 15) is 29.1 Å². The van der Waals surface area contributed by atoms with Gasteiger partial charge < -0.3 is 30.9 Å². The van der Waals surface area contributed by atoms with Crippen molar-refractivity contribution in [1.29, 1.82) is 0 Å². The number of aliphatic hydroxyl groups is 1. The van der Waals surface area contributed by atoms with Gasteiger partial charge in [0, 0.05) is 42.9 Å². The summed E-state index contributed by atoms with van der Waals surface area (Å²) in [6, 6.07) is 13.5. The first-order valence-electron chi connectivity index (χ1n) is 16.2. The number of carbonyl (C=O) groups excluding carboxylic acids is 5. The summed E-state index contributed by atoms with van der Waals surface area (Å²) in [5, 5.41) is 19.1. The van der Waals surface area contributed by atoms with Crippen molar-refractivity contribution in [2.24, 2.45) is 0 Å². The molecule has 11 nitrogen and oxygen atoms in total. The SMILES string of the molecule is C[C@@H](O)C(=O)CCCCC[C@@H]1NC(=O)[C@H]2CCCN2C(=O)[C@H](Cc2ccccc2)NC(=O)[C@H](Cc2c[nH]c3ccccc23)NC1=O. The average Bonchev–Trinajstić information content (AvgIpc) is 3.71. The summed E-state index contributed by atoms with van der Waals surface area (Å²) in [6.45, 7) is 1.82. The van der Waals surface area contributed by atoms with E-state index in [2.05, 4.69) is 20.9 Å². The number of ketones is 1. The first-order valence-corrected chi connectivity index (χ1v) is 16.2. The molecule has 0 spiro atoms. The fourth-order valence-corrected chi connectivity index (χ4v) is 6.40. The van der Waals surface area contributed by atoms with E-state index in [1.54, 1.807) is 0 Å². The van der Waals surface area contributed by atoms with Crippen molar-refractivity contribution in [3.8, 4) is 0 Å². The highest BCUT2D eigenvalue weighted by Gasteiger charge is 2.40. The highest BCUT2D eigenvalue weighted by Crippen LogP contribution is 2.23. The minimum Gasteiger partial charge on any atom is -0.386 e. The van der Waals surface area contributed by atoms with Crippen LogP contribution < -0.4 is 16.0 Å². The Bertz CT molecular complexity index is 1550. The van der Waals surface area contributed by atoms with Crippen LogP contribution in [0.5, 0.6) is 0 Å². The number of unbranched alkanes of at least 4 members (excludes halogenated alkanes) is 2. The number of fused-ring (bicyclic) bond motifs is 2. The summed E-state index contributed by atoms with van der Waals surface area (Å²) in [5.41, 5.74) is 2.59. The van der Waals surface area contributed by atoms with Crippen molar-refractivity contribution in [1.82, 2.24) is 25.8 Å². The summed E-state index contributed by atoms with van der Waals surface area (Å²) in [7, 11) is 0. The molecule has 3 aromatic rings. The number of nitrogens with zero attached hydrogens (tertiary/aromatic N) is 1. The normalized spacial score (nSPS) is 23.1. The van der Waals surface area contributed by atoms with Gasteiger partial charge >= 0.3 is 0 Å². The summed E-state index contributed by atoms with van der Waals surface area (Å²) < 4.78 is 0. The molecule has 244 valence electrons. The Morgan fingerprint density at radius 3 is 2.33 bits per heavy atom. The Labute approximate surface area is 268 Å². The van der Waals surface area contributed by atoms with Crippen LogP contribution in [-0.4, -0.2) is 81.2 Å². The Morgan fingerprint density at radius 1 is 0.848 bits per heavy atom. The van der Waals surface area contributed by atoms with E-state index in [1.165, 1.54) is 11.8 Å². The third kappa shape index (κ3) is 8.00. The van der Waals surface area contributed by atoms with Gasteiger partial charge in [-0.2, -0.15) is 0 Å². The molecule has 4 amide bonds. The lowest BCUT2D eigenvalue weighted by molar-refractivity contribution is -0.143. The topological polar surface area (TPSA) is 161 Å². The van der Waals surface area contributed by atoms with E-state index < -0.39 is 48.0 Å². The van der Waals surface area contributed by atoms with E-state index in [0.717, 1.165) is 22.0 Å². The lowest BCUT2D eigenvalue weighted by Gasteiger charge is -2.32. The molecule has 11 heteroatoms. The van der Waals surface area contributed by atoms with Gasteiger partial charge in [-0.15, -0.1) is 0 Å². The molecule has 2 aliphatic rings. The third-order valence-electron chi connectivity index (χ3n) is 8.98. The van der Waals surface area contributed by atoms with Crippen LogP contribution in [0.15, 0.2) is 60.8 Å². The number of benzene rings is 2. The number of aromatic nitrogens is 1. The zero-order valence-electron chi connectivity index (χ0n) is 26.2. The predicted molar refractivity (Wildman–Crippen MR) is 172 cm³/mol. The Kier molecular flexibility index (Phi) is 10.8. The van der Waals surface area contributed by atoms with E-state index >= 15 is 0 Å². The second kappa shape index (κ2) is 15.2. The van der Waals surface area contributed by atoms with Gasteiger partial charge in [0.05, 0.1) is 0 Å². The summed E-state index contributed by atoms with van der Waals surface area (Å²) >= 11 is 0. The smallest absolute Gasteiger partial charge is 0.246 e. The van der Waals surface area contributed by atoms with Gasteiger partial charge in [-0.1, -0.05) is 61.4 Å². The molecule has 2 saturated heterocycles. The molecule has 5 rings (SSSR count). The van der Waals surface area contributed by atoms with Crippen LogP contribution in [0.25, 0.3) is 10.9 Å². The summed E-state index contributed by atoms with van der Waals surface area (Å²) in [4.78, 5) is 72.1. The molecule has 2 fully saturated rings. The number of carbonyl (C=O) groups is 5. The van der Waals surface area contributed by atoms with E-state index in [4.69, 9.17) is 0 Å². The van der Waals surface area contributed by atoms with Crippen LogP contribution in [0.3, 0.4) is 0 Å². The van der Waals surface area contributed by atoms with Crippen LogP contribution in [-0.2, 0) is 36.8 Å².